The van der Waals surface area contributed by atoms with Crippen LogP contribution in [0.15, 0.2) is 41.3 Å². The number of amides is 1. The van der Waals surface area contributed by atoms with Crippen LogP contribution in [0.5, 0.6) is 0 Å². The van der Waals surface area contributed by atoms with Gasteiger partial charge in [-0.25, -0.2) is 4.39 Å². The molecule has 0 bridgehead atoms. The molecule has 0 saturated heterocycles. The lowest BCUT2D eigenvalue weighted by Crippen LogP contribution is -2.24. The first-order valence-electron chi connectivity index (χ1n) is 5.75. The van der Waals surface area contributed by atoms with Gasteiger partial charge in [0.25, 0.3) is 5.91 Å². The van der Waals surface area contributed by atoms with Crippen LogP contribution in [0, 0.1) is 12.7 Å². The van der Waals surface area contributed by atoms with Crippen LogP contribution in [0.4, 0.5) is 4.39 Å². The van der Waals surface area contributed by atoms with E-state index in [9.17, 15) is 9.18 Å². The highest BCUT2D eigenvalue weighted by Gasteiger charge is 2.11. The summed E-state index contributed by atoms with van der Waals surface area (Å²) in [6.07, 6.45) is 0. The quantitative estimate of drug-likeness (QED) is 0.846. The van der Waals surface area contributed by atoms with Gasteiger partial charge in [-0.2, -0.15) is 0 Å². The molecule has 1 aromatic carbocycles. The van der Waals surface area contributed by atoms with Crippen molar-refractivity contribution in [3.8, 4) is 0 Å². The van der Waals surface area contributed by atoms with Crippen molar-refractivity contribution in [1.82, 2.24) is 10.3 Å². The average molecular weight is 276 g/mol. The van der Waals surface area contributed by atoms with Gasteiger partial charge in [0, 0.05) is 10.6 Å². The molecule has 2 aromatic rings. The van der Waals surface area contributed by atoms with E-state index >= 15 is 0 Å². The highest BCUT2D eigenvalue weighted by molar-refractivity contribution is 7.80. The third-order valence-electron chi connectivity index (χ3n) is 2.57. The van der Waals surface area contributed by atoms with Gasteiger partial charge in [0.05, 0.1) is 17.8 Å². The summed E-state index contributed by atoms with van der Waals surface area (Å²) >= 11 is 4.09. The smallest absolute Gasteiger partial charge is 0.254 e. The second kappa shape index (κ2) is 5.84. The molecule has 2 rings (SSSR count). The van der Waals surface area contributed by atoms with Crippen molar-refractivity contribution in [2.45, 2.75) is 18.4 Å². The molecule has 0 spiro atoms. The van der Waals surface area contributed by atoms with Crippen LogP contribution in [0.3, 0.4) is 0 Å². The van der Waals surface area contributed by atoms with Gasteiger partial charge in [0.1, 0.15) is 5.82 Å². The molecule has 0 aliphatic carbocycles. The lowest BCUT2D eigenvalue weighted by atomic mass is 10.2. The Morgan fingerprint density at radius 3 is 2.89 bits per heavy atom. The summed E-state index contributed by atoms with van der Waals surface area (Å²) in [7, 11) is 0. The van der Waals surface area contributed by atoms with E-state index < -0.39 is 11.7 Å². The van der Waals surface area contributed by atoms with Crippen LogP contribution in [0.1, 0.15) is 21.7 Å². The largest absolute Gasteiger partial charge is 0.346 e. The third kappa shape index (κ3) is 3.54. The Hall–Kier alpha value is -1.88. The van der Waals surface area contributed by atoms with Gasteiger partial charge in [-0.15, -0.1) is 12.6 Å². The normalized spacial score (nSPS) is 10.3. The molecule has 0 aliphatic heterocycles. The predicted octanol–water partition coefficient (Wildman–Crippen LogP) is 2.75. The number of thiol groups is 1. The molecule has 0 unspecified atom stereocenters. The fourth-order valence-corrected chi connectivity index (χ4v) is 1.85. The molecule has 0 atom stereocenters. The Bertz CT molecular complexity index is 616. The lowest BCUT2D eigenvalue weighted by Gasteiger charge is -2.07. The molecule has 1 amide bonds. The number of hydrogen-bond acceptors (Lipinski definition) is 3. The highest BCUT2D eigenvalue weighted by Crippen LogP contribution is 2.13. The maximum Gasteiger partial charge on any atom is 0.254 e. The number of halogens is 1. The number of aromatic nitrogens is 1. The van der Waals surface area contributed by atoms with Crippen molar-refractivity contribution < 1.29 is 9.18 Å². The number of hydrogen-bond donors (Lipinski definition) is 2. The van der Waals surface area contributed by atoms with E-state index in [4.69, 9.17) is 0 Å². The first kappa shape index (κ1) is 13.5. The van der Waals surface area contributed by atoms with E-state index in [1.54, 1.807) is 6.07 Å². The fourth-order valence-electron chi connectivity index (χ4n) is 1.65. The van der Waals surface area contributed by atoms with Crippen molar-refractivity contribution in [1.29, 1.82) is 0 Å². The molecule has 3 nitrogen and oxygen atoms in total. The van der Waals surface area contributed by atoms with Crippen LogP contribution < -0.4 is 5.32 Å². The first-order chi connectivity index (χ1) is 9.06. The Kier molecular flexibility index (Phi) is 4.16. The van der Waals surface area contributed by atoms with Crippen LogP contribution in [-0.2, 0) is 6.54 Å². The minimum absolute atomic E-state index is 0.0137. The summed E-state index contributed by atoms with van der Waals surface area (Å²) in [4.78, 5) is 16.7. The Balaban J connectivity index is 2.07. The minimum Gasteiger partial charge on any atom is -0.346 e. The van der Waals surface area contributed by atoms with Gasteiger partial charge >= 0.3 is 0 Å². The number of aryl methyl sites for hydroxylation is 1. The lowest BCUT2D eigenvalue weighted by molar-refractivity contribution is 0.0946. The number of pyridine rings is 1. The molecule has 1 N–H and O–H groups in total. The van der Waals surface area contributed by atoms with E-state index in [-0.39, 0.29) is 12.1 Å². The van der Waals surface area contributed by atoms with Gasteiger partial charge in [-0.1, -0.05) is 6.07 Å². The SMILES string of the molecule is Cc1cccc(CNC(=O)c2cc(S)ccc2F)n1. The van der Waals surface area contributed by atoms with E-state index in [2.05, 4.69) is 22.9 Å². The Morgan fingerprint density at radius 1 is 1.37 bits per heavy atom. The molecule has 5 heteroatoms. The van der Waals surface area contributed by atoms with E-state index in [0.717, 1.165) is 11.4 Å². The molecular weight excluding hydrogens is 263 g/mol. The zero-order valence-corrected chi connectivity index (χ0v) is 11.2. The van der Waals surface area contributed by atoms with Gasteiger partial charge in [0.15, 0.2) is 0 Å². The van der Waals surface area contributed by atoms with Crippen LogP contribution in [0.25, 0.3) is 0 Å². The zero-order chi connectivity index (χ0) is 13.8. The summed E-state index contributed by atoms with van der Waals surface area (Å²) in [5, 5.41) is 2.64. The second-order valence-electron chi connectivity index (χ2n) is 4.12. The number of nitrogens with zero attached hydrogens (tertiary/aromatic N) is 1. The van der Waals surface area contributed by atoms with Gasteiger partial charge in [-0.3, -0.25) is 9.78 Å². The van der Waals surface area contributed by atoms with Crippen molar-refractivity contribution >= 4 is 18.5 Å². The predicted molar refractivity (Wildman–Crippen MR) is 73.8 cm³/mol. The fraction of sp³-hybridized carbons (Fsp3) is 0.143. The summed E-state index contributed by atoms with van der Waals surface area (Å²) in [6, 6.07) is 9.66. The summed E-state index contributed by atoms with van der Waals surface area (Å²) in [5.74, 6) is -1.04. The molecule has 1 aromatic heterocycles. The summed E-state index contributed by atoms with van der Waals surface area (Å²) in [6.45, 7) is 2.13. The minimum atomic E-state index is -0.562. The Morgan fingerprint density at radius 2 is 2.16 bits per heavy atom. The third-order valence-corrected chi connectivity index (χ3v) is 2.85. The molecule has 0 fully saturated rings. The summed E-state index contributed by atoms with van der Waals surface area (Å²) in [5.41, 5.74) is 1.59. The first-order valence-corrected chi connectivity index (χ1v) is 6.20. The average Bonchev–Trinajstić information content (AvgIpc) is 2.39. The molecule has 0 saturated carbocycles. The Labute approximate surface area is 116 Å². The van der Waals surface area contributed by atoms with Gasteiger partial charge in [0.2, 0.25) is 0 Å². The van der Waals surface area contributed by atoms with Crippen LogP contribution in [0.2, 0.25) is 0 Å². The number of carbonyl (C=O) groups excluding carboxylic acids is 1. The highest BCUT2D eigenvalue weighted by atomic mass is 32.1. The zero-order valence-electron chi connectivity index (χ0n) is 10.4. The van der Waals surface area contributed by atoms with Crippen molar-refractivity contribution in [2.24, 2.45) is 0 Å². The maximum atomic E-state index is 13.5. The molecule has 0 aliphatic rings. The number of benzene rings is 1. The number of nitrogens with one attached hydrogen (secondary N) is 1. The number of rotatable bonds is 3. The number of carbonyl (C=O) groups is 1. The second-order valence-corrected chi connectivity index (χ2v) is 4.63. The molecule has 0 radical (unpaired) electrons. The molecular formula is C14H13FN2OS. The summed E-state index contributed by atoms with van der Waals surface area (Å²) < 4.78 is 13.5. The molecule has 98 valence electrons. The molecule has 19 heavy (non-hydrogen) atoms. The van der Waals surface area contributed by atoms with E-state index in [1.807, 2.05) is 19.1 Å². The van der Waals surface area contributed by atoms with Gasteiger partial charge in [-0.05, 0) is 37.3 Å². The molecule has 1 heterocycles. The van der Waals surface area contributed by atoms with Crippen molar-refractivity contribution in [3.05, 3.63) is 59.2 Å². The van der Waals surface area contributed by atoms with Crippen LogP contribution >= 0.6 is 12.6 Å². The van der Waals surface area contributed by atoms with Crippen LogP contribution in [-0.4, -0.2) is 10.9 Å². The van der Waals surface area contributed by atoms with E-state index in [0.29, 0.717) is 4.90 Å². The topological polar surface area (TPSA) is 42.0 Å². The van der Waals surface area contributed by atoms with Crippen molar-refractivity contribution in [3.63, 3.8) is 0 Å². The van der Waals surface area contributed by atoms with E-state index in [1.165, 1.54) is 18.2 Å². The van der Waals surface area contributed by atoms with Crippen molar-refractivity contribution in [2.75, 3.05) is 0 Å². The van der Waals surface area contributed by atoms with Gasteiger partial charge < -0.3 is 5.32 Å². The monoisotopic (exact) mass is 276 g/mol. The standard InChI is InChI=1S/C14H13FN2OS/c1-9-3-2-4-10(17-9)8-16-14(18)12-7-11(19)5-6-13(12)15/h2-7,19H,8H2,1H3,(H,16,18). The maximum absolute atomic E-state index is 13.5.